The van der Waals surface area contributed by atoms with Crippen molar-refractivity contribution in [1.82, 2.24) is 15.0 Å². The summed E-state index contributed by atoms with van der Waals surface area (Å²) in [6.07, 6.45) is 2.77. The first-order chi connectivity index (χ1) is 16.2. The highest BCUT2D eigenvalue weighted by Crippen LogP contribution is 2.34. The highest BCUT2D eigenvalue weighted by molar-refractivity contribution is 5.99. The number of fused-ring (bicyclic) bond motifs is 1. The van der Waals surface area contributed by atoms with E-state index in [0.717, 1.165) is 54.3 Å². The van der Waals surface area contributed by atoms with E-state index in [1.54, 1.807) is 0 Å². The maximum Gasteiger partial charge on any atom is 0.247 e. The number of benzene rings is 2. The highest BCUT2D eigenvalue weighted by atomic mass is 16.5. The number of aromatic nitrogens is 3. The first-order valence-corrected chi connectivity index (χ1v) is 10.8. The molecule has 3 heterocycles. The van der Waals surface area contributed by atoms with Gasteiger partial charge in [-0.1, -0.05) is 30.8 Å². The fourth-order valence-electron chi connectivity index (χ4n) is 3.97. The Balaban J connectivity index is 1.47. The van der Waals surface area contributed by atoms with Gasteiger partial charge in [0.05, 0.1) is 18.6 Å². The average molecular weight is 441 g/mol. The van der Waals surface area contributed by atoms with Crippen LogP contribution in [0, 0.1) is 0 Å². The largest absolute Gasteiger partial charge is 0.378 e. The number of rotatable bonds is 6. The summed E-state index contributed by atoms with van der Waals surface area (Å²) in [6, 6.07) is 17.9. The second-order valence-electron chi connectivity index (χ2n) is 7.68. The van der Waals surface area contributed by atoms with E-state index in [0.29, 0.717) is 11.5 Å². The van der Waals surface area contributed by atoms with Crippen molar-refractivity contribution in [3.63, 3.8) is 0 Å². The van der Waals surface area contributed by atoms with Crippen molar-refractivity contribution in [3.05, 3.63) is 73.6 Å². The molecule has 0 bridgehead atoms. The maximum absolute atomic E-state index is 11.6. The van der Waals surface area contributed by atoms with Gasteiger partial charge in [0, 0.05) is 41.4 Å². The van der Waals surface area contributed by atoms with E-state index in [4.69, 9.17) is 4.74 Å². The minimum Gasteiger partial charge on any atom is -0.378 e. The normalized spacial score (nSPS) is 13.6. The summed E-state index contributed by atoms with van der Waals surface area (Å²) in [5.74, 6) is 0.421. The number of carbonyl (C=O) groups excluding carboxylic acids is 1. The molecule has 5 rings (SSSR count). The molecule has 2 aromatic heterocycles. The zero-order valence-corrected chi connectivity index (χ0v) is 18.0. The van der Waals surface area contributed by atoms with Crippen LogP contribution in [-0.4, -0.2) is 47.2 Å². The summed E-state index contributed by atoms with van der Waals surface area (Å²) in [4.78, 5) is 26.3. The molecule has 1 saturated heterocycles. The van der Waals surface area contributed by atoms with Crippen LogP contribution >= 0.6 is 0 Å². The molecule has 0 radical (unpaired) electrons. The molecule has 8 heteroatoms. The molecule has 1 fully saturated rings. The second-order valence-corrected chi connectivity index (χ2v) is 7.68. The lowest BCUT2D eigenvalue weighted by Gasteiger charge is -2.30. The van der Waals surface area contributed by atoms with Crippen molar-refractivity contribution in [2.45, 2.75) is 0 Å². The molecule has 0 saturated carbocycles. The van der Waals surface area contributed by atoms with Gasteiger partial charge < -0.3 is 25.3 Å². The molecule has 2 aromatic carbocycles. The molecule has 33 heavy (non-hydrogen) atoms. The van der Waals surface area contributed by atoms with Crippen molar-refractivity contribution in [1.29, 1.82) is 0 Å². The Kier molecular flexibility index (Phi) is 5.73. The number of para-hydroxylation sites is 1. The molecule has 4 aromatic rings. The third kappa shape index (κ3) is 4.42. The van der Waals surface area contributed by atoms with E-state index in [2.05, 4.69) is 61.3 Å². The standard InChI is InChI=1S/C25H24N6O2/c1-2-23(32)28-17-6-5-7-18(14-17)29-24-20-15-21(30-25(20)27-16-26-24)19-8-3-4-9-22(19)31-10-12-33-13-11-31/h2-9,14-16H,1,10-13H2,(H,28,32)(H2,26,27,29,30). The topological polar surface area (TPSA) is 95.2 Å². The number of aromatic amines is 1. The zero-order valence-electron chi connectivity index (χ0n) is 18.0. The molecule has 0 unspecified atom stereocenters. The summed E-state index contributed by atoms with van der Waals surface area (Å²) in [5, 5.41) is 6.99. The molecule has 1 amide bonds. The number of hydrogen-bond donors (Lipinski definition) is 3. The molecule has 0 aliphatic carbocycles. The first kappa shape index (κ1) is 20.7. The van der Waals surface area contributed by atoms with Crippen molar-refractivity contribution in [3.8, 4) is 11.3 Å². The Morgan fingerprint density at radius 3 is 2.73 bits per heavy atom. The number of carbonyl (C=O) groups is 1. The van der Waals surface area contributed by atoms with Gasteiger partial charge in [-0.15, -0.1) is 0 Å². The van der Waals surface area contributed by atoms with Crippen LogP contribution in [0.5, 0.6) is 0 Å². The van der Waals surface area contributed by atoms with E-state index >= 15 is 0 Å². The minimum atomic E-state index is -0.259. The maximum atomic E-state index is 11.6. The van der Waals surface area contributed by atoms with Crippen molar-refractivity contribution in [2.24, 2.45) is 0 Å². The van der Waals surface area contributed by atoms with Gasteiger partial charge in [0.25, 0.3) is 0 Å². The van der Waals surface area contributed by atoms with Gasteiger partial charge >= 0.3 is 0 Å². The van der Waals surface area contributed by atoms with Gasteiger partial charge in [-0.3, -0.25) is 4.79 Å². The number of hydrogen-bond acceptors (Lipinski definition) is 6. The Bertz CT molecular complexity index is 1310. The number of anilines is 4. The second kappa shape index (κ2) is 9.13. The number of morpholine rings is 1. The molecular formula is C25H24N6O2. The van der Waals surface area contributed by atoms with Crippen LogP contribution in [0.3, 0.4) is 0 Å². The number of H-pyrrole nitrogens is 1. The van der Waals surface area contributed by atoms with Crippen LogP contribution in [0.4, 0.5) is 22.9 Å². The van der Waals surface area contributed by atoms with Crippen molar-refractivity contribution in [2.75, 3.05) is 41.8 Å². The SMILES string of the molecule is C=CC(=O)Nc1cccc(Nc2ncnc3[nH]c(-c4ccccc4N4CCOCC4)cc23)c1. The van der Waals surface area contributed by atoms with Crippen LogP contribution in [0.2, 0.25) is 0 Å². The summed E-state index contributed by atoms with van der Waals surface area (Å²) in [5.41, 5.74) is 5.47. The monoisotopic (exact) mass is 440 g/mol. The van der Waals surface area contributed by atoms with E-state index in [9.17, 15) is 4.79 Å². The first-order valence-electron chi connectivity index (χ1n) is 10.8. The van der Waals surface area contributed by atoms with E-state index in [1.807, 2.05) is 30.3 Å². The van der Waals surface area contributed by atoms with Gasteiger partial charge in [-0.2, -0.15) is 0 Å². The van der Waals surface area contributed by atoms with Crippen molar-refractivity contribution >= 4 is 39.8 Å². The van der Waals surface area contributed by atoms with Gasteiger partial charge in [-0.25, -0.2) is 9.97 Å². The fourth-order valence-corrected chi connectivity index (χ4v) is 3.97. The van der Waals surface area contributed by atoms with Gasteiger partial charge in [0.2, 0.25) is 5.91 Å². The lowest BCUT2D eigenvalue weighted by molar-refractivity contribution is -0.111. The summed E-state index contributed by atoms with van der Waals surface area (Å²) in [6.45, 7) is 6.67. The lowest BCUT2D eigenvalue weighted by Crippen LogP contribution is -2.36. The Labute approximate surface area is 191 Å². The number of amides is 1. The lowest BCUT2D eigenvalue weighted by atomic mass is 10.1. The van der Waals surface area contributed by atoms with E-state index in [-0.39, 0.29) is 5.91 Å². The summed E-state index contributed by atoms with van der Waals surface area (Å²) in [7, 11) is 0. The molecule has 166 valence electrons. The van der Waals surface area contributed by atoms with E-state index < -0.39 is 0 Å². The van der Waals surface area contributed by atoms with Crippen LogP contribution < -0.4 is 15.5 Å². The smallest absolute Gasteiger partial charge is 0.247 e. The predicted molar refractivity (Wildman–Crippen MR) is 131 cm³/mol. The van der Waals surface area contributed by atoms with Crippen LogP contribution in [0.15, 0.2) is 73.6 Å². The van der Waals surface area contributed by atoms with Crippen molar-refractivity contribution < 1.29 is 9.53 Å². The summed E-state index contributed by atoms with van der Waals surface area (Å²) < 4.78 is 5.52. The molecule has 0 atom stereocenters. The Hall–Kier alpha value is -4.17. The van der Waals surface area contributed by atoms with Gasteiger partial charge in [-0.05, 0) is 36.4 Å². The predicted octanol–water partition coefficient (Wildman–Crippen LogP) is 4.33. The molecule has 3 N–H and O–H groups in total. The Morgan fingerprint density at radius 2 is 1.88 bits per heavy atom. The molecule has 1 aliphatic rings. The summed E-state index contributed by atoms with van der Waals surface area (Å²) >= 11 is 0. The van der Waals surface area contributed by atoms with Gasteiger partial charge in [0.15, 0.2) is 0 Å². The quantitative estimate of drug-likeness (QED) is 0.386. The number of ether oxygens (including phenoxy) is 1. The fraction of sp³-hybridized carbons (Fsp3) is 0.160. The average Bonchev–Trinajstić information content (AvgIpc) is 3.30. The molecule has 0 spiro atoms. The zero-order chi connectivity index (χ0) is 22.6. The highest BCUT2D eigenvalue weighted by Gasteiger charge is 2.17. The molecule has 8 nitrogen and oxygen atoms in total. The van der Waals surface area contributed by atoms with Crippen LogP contribution in [0.25, 0.3) is 22.3 Å². The van der Waals surface area contributed by atoms with Crippen LogP contribution in [0.1, 0.15) is 0 Å². The minimum absolute atomic E-state index is 0.259. The third-order valence-electron chi connectivity index (χ3n) is 5.55. The number of nitrogens with one attached hydrogen (secondary N) is 3. The third-order valence-corrected chi connectivity index (χ3v) is 5.55. The van der Waals surface area contributed by atoms with E-state index in [1.165, 1.54) is 18.1 Å². The van der Waals surface area contributed by atoms with Crippen LogP contribution in [-0.2, 0) is 9.53 Å². The number of nitrogens with zero attached hydrogens (tertiary/aromatic N) is 3. The Morgan fingerprint density at radius 1 is 1.06 bits per heavy atom. The van der Waals surface area contributed by atoms with Gasteiger partial charge in [0.1, 0.15) is 17.8 Å². The molecule has 1 aliphatic heterocycles. The molecular weight excluding hydrogens is 416 g/mol.